The van der Waals surface area contributed by atoms with E-state index < -0.39 is 0 Å². The second kappa shape index (κ2) is 8.68. The summed E-state index contributed by atoms with van der Waals surface area (Å²) in [5.41, 5.74) is 1.82. The first-order valence-corrected chi connectivity index (χ1v) is 11.8. The molecule has 1 aromatic carbocycles. The summed E-state index contributed by atoms with van der Waals surface area (Å²) < 4.78 is 0. The monoisotopic (exact) mass is 351 g/mol. The van der Waals surface area contributed by atoms with Crippen molar-refractivity contribution in [2.75, 3.05) is 13.1 Å². The number of rotatable bonds is 4. The number of allylic oxidation sites excluding steroid dienone is 1. The summed E-state index contributed by atoms with van der Waals surface area (Å²) >= 11 is 0. The molecule has 2 radical (unpaired) electrons. The quantitative estimate of drug-likeness (QED) is 0.555. The van der Waals surface area contributed by atoms with Crippen LogP contribution in [-0.2, 0) is 0 Å². The van der Waals surface area contributed by atoms with Crippen LogP contribution in [0.4, 0.5) is 0 Å². The second-order valence-corrected chi connectivity index (χ2v) is 9.72. The normalized spacial score (nSPS) is 30.3. The van der Waals surface area contributed by atoms with E-state index in [4.69, 9.17) is 0 Å². The van der Waals surface area contributed by atoms with Crippen molar-refractivity contribution in [2.24, 2.45) is 11.8 Å². The Labute approximate surface area is 156 Å². The summed E-state index contributed by atoms with van der Waals surface area (Å²) in [5, 5.41) is 1.55. The fourth-order valence-electron chi connectivity index (χ4n) is 5.28. The minimum Gasteiger partial charge on any atom is -0.296 e. The molecule has 2 saturated heterocycles. The molecule has 0 N–H and O–H groups in total. The van der Waals surface area contributed by atoms with E-state index in [-0.39, 0.29) is 0 Å². The lowest BCUT2D eigenvalue weighted by atomic mass is 9.85. The third-order valence-corrected chi connectivity index (χ3v) is 8.03. The topological polar surface area (TPSA) is 3.24 Å². The van der Waals surface area contributed by atoms with Crippen LogP contribution in [0.5, 0.6) is 0 Å². The number of hydrogen-bond donors (Lipinski definition) is 0. The molecule has 3 fully saturated rings. The van der Waals surface area contributed by atoms with E-state index in [9.17, 15) is 0 Å². The first-order chi connectivity index (χ1) is 12.4. The lowest BCUT2D eigenvalue weighted by Crippen LogP contribution is -2.33. The van der Waals surface area contributed by atoms with Crippen LogP contribution in [0.2, 0.25) is 6.04 Å². The highest BCUT2D eigenvalue weighted by Crippen LogP contribution is 2.39. The van der Waals surface area contributed by atoms with Gasteiger partial charge in [-0.25, -0.2) is 0 Å². The Morgan fingerprint density at radius 1 is 0.920 bits per heavy atom. The summed E-state index contributed by atoms with van der Waals surface area (Å²) in [6.45, 7) is 2.63. The minimum absolute atomic E-state index is 0.832. The Morgan fingerprint density at radius 2 is 1.68 bits per heavy atom. The van der Waals surface area contributed by atoms with Gasteiger partial charge in [-0.15, -0.1) is 0 Å². The van der Waals surface area contributed by atoms with E-state index in [0.29, 0.717) is 0 Å². The van der Waals surface area contributed by atoms with Crippen molar-refractivity contribution in [1.29, 1.82) is 0 Å². The smallest absolute Gasteiger partial charge is 0.0814 e. The summed E-state index contributed by atoms with van der Waals surface area (Å²) in [7, 11) is 0.971. The van der Waals surface area contributed by atoms with Gasteiger partial charge in [0.25, 0.3) is 0 Å². The van der Waals surface area contributed by atoms with E-state index in [2.05, 4.69) is 41.3 Å². The third kappa shape index (κ3) is 4.46. The van der Waals surface area contributed by atoms with Gasteiger partial charge in [-0.3, -0.25) is 4.90 Å². The molecule has 2 heterocycles. The molecule has 1 aliphatic carbocycles. The van der Waals surface area contributed by atoms with Gasteiger partial charge >= 0.3 is 0 Å². The van der Waals surface area contributed by atoms with Crippen LogP contribution in [0.3, 0.4) is 0 Å². The van der Waals surface area contributed by atoms with Crippen molar-refractivity contribution in [2.45, 2.75) is 69.9 Å². The molecule has 0 bridgehead atoms. The van der Waals surface area contributed by atoms with Crippen molar-refractivity contribution in [3.8, 4) is 0 Å². The van der Waals surface area contributed by atoms with Crippen LogP contribution in [-0.4, -0.2) is 33.6 Å². The van der Waals surface area contributed by atoms with Crippen LogP contribution in [0.1, 0.15) is 57.8 Å². The molecule has 1 aromatic rings. The summed E-state index contributed by atoms with van der Waals surface area (Å²) in [6, 6.07) is 13.4. The average Bonchev–Trinajstić information content (AvgIpc) is 2.81. The van der Waals surface area contributed by atoms with Crippen molar-refractivity contribution in [3.63, 3.8) is 0 Å². The molecule has 0 aromatic heterocycles. The van der Waals surface area contributed by atoms with Crippen molar-refractivity contribution >= 4 is 14.7 Å². The lowest BCUT2D eigenvalue weighted by molar-refractivity contribution is 0.236. The number of fused-ring (bicyclic) bond motifs is 1. The molecule has 1 nitrogen and oxygen atoms in total. The molecule has 2 heteroatoms. The van der Waals surface area contributed by atoms with E-state index in [1.54, 1.807) is 5.19 Å². The van der Waals surface area contributed by atoms with Crippen LogP contribution in [0.25, 0.3) is 0 Å². The molecule has 3 aliphatic rings. The van der Waals surface area contributed by atoms with Gasteiger partial charge < -0.3 is 0 Å². The van der Waals surface area contributed by atoms with Crippen LogP contribution >= 0.6 is 0 Å². The Morgan fingerprint density at radius 3 is 2.52 bits per heavy atom. The highest BCUT2D eigenvalue weighted by Gasteiger charge is 2.37. The van der Waals surface area contributed by atoms with Gasteiger partial charge in [-0.05, 0) is 50.1 Å². The standard InChI is InChI=1S/C23H33NSi/c1-4-10-19(11-5-1)16-20-17-24-15-9-3-8-14-23(24)22(20)18-25-21-12-6-2-7-13-21/h2,6-7,12-13,16,19,22-23H,1,3-5,8-11,14-15,17-18H2/b20-16-/t22-,23+/m1/s1. The van der Waals surface area contributed by atoms with Gasteiger partial charge in [0.15, 0.2) is 0 Å². The maximum absolute atomic E-state index is 2.85. The molecule has 134 valence electrons. The third-order valence-electron chi connectivity index (χ3n) is 6.64. The molecule has 2 aliphatic heterocycles. The predicted molar refractivity (Wildman–Crippen MR) is 109 cm³/mol. The highest BCUT2D eigenvalue weighted by molar-refractivity contribution is 6.53. The Hall–Kier alpha value is -0.863. The van der Waals surface area contributed by atoms with E-state index >= 15 is 0 Å². The molecule has 25 heavy (non-hydrogen) atoms. The summed E-state index contributed by atoms with van der Waals surface area (Å²) in [5.74, 6) is 1.72. The lowest BCUT2D eigenvalue weighted by Gasteiger charge is -2.26. The maximum Gasteiger partial charge on any atom is 0.0814 e. The van der Waals surface area contributed by atoms with E-state index in [1.165, 1.54) is 76.9 Å². The van der Waals surface area contributed by atoms with Crippen LogP contribution < -0.4 is 5.19 Å². The van der Waals surface area contributed by atoms with Gasteiger partial charge in [0.1, 0.15) is 0 Å². The second-order valence-electron chi connectivity index (χ2n) is 8.38. The number of benzene rings is 1. The van der Waals surface area contributed by atoms with Gasteiger partial charge in [-0.1, -0.05) is 79.3 Å². The molecule has 1 saturated carbocycles. The average molecular weight is 352 g/mol. The minimum atomic E-state index is 0.832. The largest absolute Gasteiger partial charge is 0.296 e. The molecule has 2 atom stereocenters. The van der Waals surface area contributed by atoms with Crippen LogP contribution in [0, 0.1) is 11.8 Å². The predicted octanol–water partition coefficient (Wildman–Crippen LogP) is 4.82. The molecular weight excluding hydrogens is 318 g/mol. The first kappa shape index (κ1) is 17.5. The summed E-state index contributed by atoms with van der Waals surface area (Å²) in [4.78, 5) is 2.85. The first-order valence-electron chi connectivity index (χ1n) is 10.6. The zero-order chi connectivity index (χ0) is 16.9. The van der Waals surface area contributed by atoms with Gasteiger partial charge in [0, 0.05) is 12.6 Å². The molecule has 0 spiro atoms. The maximum atomic E-state index is 2.85. The van der Waals surface area contributed by atoms with Crippen molar-refractivity contribution < 1.29 is 0 Å². The Bertz CT molecular complexity index is 561. The molecule has 0 amide bonds. The number of nitrogens with zero attached hydrogens (tertiary/aromatic N) is 1. The zero-order valence-corrected chi connectivity index (χ0v) is 16.6. The Kier molecular flexibility index (Phi) is 6.09. The highest BCUT2D eigenvalue weighted by atomic mass is 28.2. The van der Waals surface area contributed by atoms with Crippen molar-refractivity contribution in [1.82, 2.24) is 4.90 Å². The number of hydrogen-bond acceptors (Lipinski definition) is 1. The molecule has 4 rings (SSSR count). The van der Waals surface area contributed by atoms with E-state index in [1.807, 2.05) is 5.57 Å². The zero-order valence-electron chi connectivity index (χ0n) is 15.6. The van der Waals surface area contributed by atoms with Crippen molar-refractivity contribution in [3.05, 3.63) is 42.0 Å². The fourth-order valence-corrected chi connectivity index (χ4v) is 6.69. The van der Waals surface area contributed by atoms with Gasteiger partial charge in [-0.2, -0.15) is 0 Å². The van der Waals surface area contributed by atoms with Crippen LogP contribution in [0.15, 0.2) is 42.0 Å². The Balaban J connectivity index is 1.49. The molecule has 0 unspecified atom stereocenters. The SMILES string of the molecule is C(=C1\CN2CCCCC[C@H]2[C@@H]1C[Si]c1ccccc1)/C1CCCCC1. The summed E-state index contributed by atoms with van der Waals surface area (Å²) in [6.07, 6.45) is 15.8. The van der Waals surface area contributed by atoms with E-state index in [0.717, 1.165) is 27.4 Å². The van der Waals surface area contributed by atoms with Gasteiger partial charge in [0.2, 0.25) is 0 Å². The van der Waals surface area contributed by atoms with Gasteiger partial charge in [0.05, 0.1) is 9.52 Å². The molecular formula is C23H33NSi. The fraction of sp³-hybridized carbons (Fsp3) is 0.652.